The lowest BCUT2D eigenvalue weighted by Crippen LogP contribution is -2.40. The molecule has 3 aromatic carbocycles. The number of rotatable bonds is 11. The van der Waals surface area contributed by atoms with Crippen molar-refractivity contribution < 1.29 is 37.7 Å². The van der Waals surface area contributed by atoms with E-state index < -0.39 is 47.8 Å². The fraction of sp³-hybridized carbons (Fsp3) is 0.294. The molecule has 1 saturated heterocycles. The van der Waals surface area contributed by atoms with Crippen LogP contribution < -0.4 is 20.5 Å². The molecule has 5 rings (SSSR count). The largest absolute Gasteiger partial charge is 0.497 e. The number of esters is 1. The number of carbonyl (C=O) groups is 2. The van der Waals surface area contributed by atoms with Crippen molar-refractivity contribution in [1.29, 1.82) is 0 Å². The van der Waals surface area contributed by atoms with Crippen molar-refractivity contribution >= 4 is 17.7 Å². The molecule has 1 N–H and O–H groups in total. The first-order valence-electron chi connectivity index (χ1n) is 14.5. The van der Waals surface area contributed by atoms with E-state index in [-0.39, 0.29) is 12.4 Å². The lowest BCUT2D eigenvalue weighted by molar-refractivity contribution is -0.154. The minimum atomic E-state index is -1.95. The highest BCUT2D eigenvalue weighted by Crippen LogP contribution is 2.43. The van der Waals surface area contributed by atoms with Crippen LogP contribution in [0.4, 0.5) is 10.2 Å². The maximum Gasteiger partial charge on any atom is 0.351 e. The van der Waals surface area contributed by atoms with Crippen molar-refractivity contribution in [3.63, 3.8) is 0 Å². The number of hydrogen-bond donors (Lipinski definition) is 1. The van der Waals surface area contributed by atoms with E-state index in [0.29, 0.717) is 11.5 Å². The third-order valence-electron chi connectivity index (χ3n) is 7.61. The topological polar surface area (TPSA) is 127 Å². The second-order valence-electron chi connectivity index (χ2n) is 10.6. The first kappa shape index (κ1) is 32.3. The Hall–Kier alpha value is -5.07. The van der Waals surface area contributed by atoms with Crippen LogP contribution in [0.25, 0.3) is 0 Å². The number of anilines is 1. The van der Waals surface area contributed by atoms with E-state index in [2.05, 4.69) is 10.3 Å². The standard InChI is InChI=1S/C34H34FN3O8/c1-21(39)36-29-18-19-38(33(41)37-29)32-30(35)31(45-22(2)40)28(46-32)20-44-34(23-8-6-5-7-9-23,24-10-14-26(42-3)15-11-24)25-12-16-27(43-4)17-13-25/h5-19,28,30-32H,20H2,1-4H3,(H,36,37,39,41)/t28-,30-,31-,32-/m1/s1. The summed E-state index contributed by atoms with van der Waals surface area (Å²) < 4.78 is 46.1. The molecule has 0 radical (unpaired) electrons. The number of alkyl halides is 1. The molecule has 0 unspecified atom stereocenters. The molecule has 0 bridgehead atoms. The lowest BCUT2D eigenvalue weighted by Gasteiger charge is -2.37. The van der Waals surface area contributed by atoms with Gasteiger partial charge in [-0.1, -0.05) is 54.6 Å². The number of ether oxygens (including phenoxy) is 5. The number of aromatic nitrogens is 2. The Balaban J connectivity index is 1.56. The number of amides is 1. The van der Waals surface area contributed by atoms with Gasteiger partial charge in [0.15, 0.2) is 18.5 Å². The first-order valence-corrected chi connectivity index (χ1v) is 14.5. The van der Waals surface area contributed by atoms with Crippen molar-refractivity contribution in [2.45, 2.75) is 44.1 Å². The molecular weight excluding hydrogens is 597 g/mol. The Morgan fingerprint density at radius 3 is 1.96 bits per heavy atom. The molecule has 4 aromatic rings. The van der Waals surface area contributed by atoms with Crippen LogP contribution in [-0.4, -0.2) is 60.6 Å². The minimum absolute atomic E-state index is 0.00482. The number of halogens is 1. The first-order chi connectivity index (χ1) is 22.2. The third-order valence-corrected chi connectivity index (χ3v) is 7.61. The average Bonchev–Trinajstić information content (AvgIpc) is 3.35. The van der Waals surface area contributed by atoms with Gasteiger partial charge in [0, 0.05) is 20.0 Å². The molecule has 1 amide bonds. The van der Waals surface area contributed by atoms with Crippen molar-refractivity contribution in [1.82, 2.24) is 9.55 Å². The quantitative estimate of drug-likeness (QED) is 0.189. The minimum Gasteiger partial charge on any atom is -0.497 e. The summed E-state index contributed by atoms with van der Waals surface area (Å²) in [6, 6.07) is 25.5. The zero-order chi connectivity index (χ0) is 32.8. The highest BCUT2D eigenvalue weighted by atomic mass is 19.1. The lowest BCUT2D eigenvalue weighted by atomic mass is 9.80. The second kappa shape index (κ2) is 13.9. The van der Waals surface area contributed by atoms with Crippen molar-refractivity contribution in [2.75, 3.05) is 26.1 Å². The number of nitrogens with zero attached hydrogens (tertiary/aromatic N) is 2. The average molecular weight is 632 g/mol. The smallest absolute Gasteiger partial charge is 0.351 e. The summed E-state index contributed by atoms with van der Waals surface area (Å²) in [5.74, 6) is 0.133. The van der Waals surface area contributed by atoms with Crippen LogP contribution in [0.15, 0.2) is 95.9 Å². The van der Waals surface area contributed by atoms with E-state index in [1.165, 1.54) is 19.2 Å². The zero-order valence-electron chi connectivity index (χ0n) is 25.7. The van der Waals surface area contributed by atoms with Crippen LogP contribution in [0.2, 0.25) is 0 Å². The molecule has 1 fully saturated rings. The number of hydrogen-bond acceptors (Lipinski definition) is 9. The molecule has 1 aromatic heterocycles. The van der Waals surface area contributed by atoms with Gasteiger partial charge < -0.3 is 29.0 Å². The van der Waals surface area contributed by atoms with E-state index >= 15 is 4.39 Å². The van der Waals surface area contributed by atoms with E-state index in [4.69, 9.17) is 23.7 Å². The molecule has 0 aliphatic carbocycles. The predicted octanol–water partition coefficient (Wildman–Crippen LogP) is 4.39. The number of methoxy groups -OCH3 is 2. The number of benzene rings is 3. The Morgan fingerprint density at radius 2 is 1.46 bits per heavy atom. The van der Waals surface area contributed by atoms with Gasteiger partial charge in [-0.25, -0.2) is 9.18 Å². The summed E-state index contributed by atoms with van der Waals surface area (Å²) in [4.78, 5) is 40.2. The molecule has 0 spiro atoms. The van der Waals surface area contributed by atoms with E-state index in [9.17, 15) is 14.4 Å². The Labute approximate surface area is 264 Å². The predicted molar refractivity (Wildman–Crippen MR) is 165 cm³/mol. The van der Waals surface area contributed by atoms with Gasteiger partial charge >= 0.3 is 11.7 Å². The maximum atomic E-state index is 16.1. The summed E-state index contributed by atoms with van der Waals surface area (Å²) in [5, 5.41) is 2.41. The van der Waals surface area contributed by atoms with Crippen LogP contribution in [-0.2, 0) is 29.4 Å². The normalized spacial score (nSPS) is 19.3. The van der Waals surface area contributed by atoms with Crippen LogP contribution in [0.3, 0.4) is 0 Å². The van der Waals surface area contributed by atoms with E-state index in [1.54, 1.807) is 14.2 Å². The van der Waals surface area contributed by atoms with Crippen LogP contribution in [0.1, 0.15) is 36.8 Å². The van der Waals surface area contributed by atoms with Gasteiger partial charge in [0.25, 0.3) is 0 Å². The zero-order valence-corrected chi connectivity index (χ0v) is 25.7. The molecule has 2 heterocycles. The molecular formula is C34H34FN3O8. The Bertz CT molecular complexity index is 1670. The van der Waals surface area contributed by atoms with Gasteiger partial charge in [0.2, 0.25) is 5.91 Å². The SMILES string of the molecule is COc1ccc(C(OC[C@H]2O[C@@H](n3ccc(NC(C)=O)nc3=O)[C@H](F)[C@@H]2OC(C)=O)(c2ccccc2)c2ccc(OC)cc2)cc1. The fourth-order valence-corrected chi connectivity index (χ4v) is 5.52. The molecule has 12 heteroatoms. The highest BCUT2D eigenvalue weighted by Gasteiger charge is 2.50. The highest BCUT2D eigenvalue weighted by molar-refractivity contribution is 5.87. The summed E-state index contributed by atoms with van der Waals surface area (Å²) in [5.41, 5.74) is 0.0987. The Kier molecular flexibility index (Phi) is 9.78. The van der Waals surface area contributed by atoms with Gasteiger partial charge in [-0.3, -0.25) is 14.2 Å². The number of nitrogens with one attached hydrogen (secondary N) is 1. The van der Waals surface area contributed by atoms with Crippen LogP contribution in [0, 0.1) is 0 Å². The second-order valence-corrected chi connectivity index (χ2v) is 10.6. The van der Waals surface area contributed by atoms with Gasteiger partial charge in [-0.15, -0.1) is 0 Å². The summed E-state index contributed by atoms with van der Waals surface area (Å²) in [7, 11) is 3.15. The van der Waals surface area contributed by atoms with E-state index in [1.807, 2.05) is 78.9 Å². The molecule has 4 atom stereocenters. The molecule has 1 aliphatic rings. The third kappa shape index (κ3) is 6.63. The summed E-state index contributed by atoms with van der Waals surface area (Å²) >= 11 is 0. The summed E-state index contributed by atoms with van der Waals surface area (Å²) in [6.07, 6.45) is -4.72. The summed E-state index contributed by atoms with van der Waals surface area (Å²) in [6.45, 7) is 2.18. The van der Waals surface area contributed by atoms with Gasteiger partial charge in [0.1, 0.15) is 29.0 Å². The van der Waals surface area contributed by atoms with Gasteiger partial charge in [-0.05, 0) is 47.0 Å². The molecule has 240 valence electrons. The number of carbonyl (C=O) groups excluding carboxylic acids is 2. The monoisotopic (exact) mass is 631 g/mol. The van der Waals surface area contributed by atoms with Gasteiger partial charge in [-0.2, -0.15) is 4.98 Å². The molecule has 1 aliphatic heterocycles. The maximum absolute atomic E-state index is 16.1. The Morgan fingerprint density at radius 1 is 0.891 bits per heavy atom. The van der Waals surface area contributed by atoms with E-state index in [0.717, 1.165) is 28.2 Å². The fourth-order valence-electron chi connectivity index (χ4n) is 5.52. The molecule has 11 nitrogen and oxygen atoms in total. The molecule has 0 saturated carbocycles. The van der Waals surface area contributed by atoms with Crippen molar-refractivity contribution in [3.8, 4) is 11.5 Å². The van der Waals surface area contributed by atoms with Crippen molar-refractivity contribution in [2.24, 2.45) is 0 Å². The van der Waals surface area contributed by atoms with Crippen LogP contribution >= 0.6 is 0 Å². The molecule has 46 heavy (non-hydrogen) atoms. The van der Waals surface area contributed by atoms with Gasteiger partial charge in [0.05, 0.1) is 20.8 Å². The van der Waals surface area contributed by atoms with Crippen LogP contribution in [0.5, 0.6) is 11.5 Å². The van der Waals surface area contributed by atoms with Crippen molar-refractivity contribution in [3.05, 3.63) is 118 Å².